The molecule has 3 rings (SSSR count). The van der Waals surface area contributed by atoms with Gasteiger partial charge in [-0.3, -0.25) is 4.79 Å². The maximum absolute atomic E-state index is 12.1. The second-order valence-electron chi connectivity index (χ2n) is 6.96. The van der Waals surface area contributed by atoms with Gasteiger partial charge in [-0.2, -0.15) is 4.98 Å². The first-order valence-corrected chi connectivity index (χ1v) is 9.01. The smallest absolute Gasteiger partial charge is 0.261 e. The van der Waals surface area contributed by atoms with Gasteiger partial charge in [-0.05, 0) is 29.3 Å². The number of rotatable bonds is 4. The zero-order chi connectivity index (χ0) is 18.0. The molecule has 25 heavy (non-hydrogen) atoms. The number of aromatic nitrogens is 2. The van der Waals surface area contributed by atoms with Crippen LogP contribution in [0.5, 0.6) is 0 Å². The normalized spacial score (nSPS) is 12.8. The van der Waals surface area contributed by atoms with E-state index < -0.39 is 0 Å². The molecule has 0 spiro atoms. The lowest BCUT2D eigenvalue weighted by atomic mass is 9.87. The molecule has 0 bridgehead atoms. The van der Waals surface area contributed by atoms with Crippen LogP contribution < -0.4 is 5.32 Å². The van der Waals surface area contributed by atoms with Crippen LogP contribution >= 0.6 is 11.3 Å². The summed E-state index contributed by atoms with van der Waals surface area (Å²) in [6.07, 6.45) is 0. The number of carbonyl (C=O) groups excluding carboxylic acids is 1. The highest BCUT2D eigenvalue weighted by Gasteiger charge is 2.19. The highest BCUT2D eigenvalue weighted by atomic mass is 32.1. The summed E-state index contributed by atoms with van der Waals surface area (Å²) in [5.74, 6) is 0.768. The zero-order valence-corrected chi connectivity index (χ0v) is 15.6. The van der Waals surface area contributed by atoms with Crippen molar-refractivity contribution >= 4 is 17.2 Å². The van der Waals surface area contributed by atoms with Gasteiger partial charge in [0.05, 0.1) is 4.88 Å². The number of nitrogens with one attached hydrogen (secondary N) is 1. The molecule has 1 atom stereocenters. The Balaban J connectivity index is 1.72. The lowest BCUT2D eigenvalue weighted by molar-refractivity contribution is 0.0936. The van der Waals surface area contributed by atoms with Crippen LogP contribution in [0.3, 0.4) is 0 Å². The van der Waals surface area contributed by atoms with E-state index in [2.05, 4.69) is 48.4 Å². The minimum atomic E-state index is -0.357. The van der Waals surface area contributed by atoms with Gasteiger partial charge >= 0.3 is 0 Å². The van der Waals surface area contributed by atoms with Gasteiger partial charge in [-0.1, -0.05) is 56.3 Å². The van der Waals surface area contributed by atoms with Crippen molar-refractivity contribution in [3.63, 3.8) is 0 Å². The molecule has 0 aliphatic rings. The molecular weight excluding hydrogens is 334 g/mol. The molecular formula is C19H21N3O2S. The molecule has 2 aromatic heterocycles. The number of thiophene rings is 1. The molecule has 130 valence electrons. The summed E-state index contributed by atoms with van der Waals surface area (Å²) in [5.41, 5.74) is 2.23. The van der Waals surface area contributed by atoms with E-state index in [1.54, 1.807) is 6.07 Å². The van der Waals surface area contributed by atoms with Crippen LogP contribution in [0.4, 0.5) is 0 Å². The van der Waals surface area contributed by atoms with Crippen LogP contribution in [0.2, 0.25) is 0 Å². The number of amides is 1. The third-order valence-corrected chi connectivity index (χ3v) is 4.78. The van der Waals surface area contributed by atoms with Crippen molar-refractivity contribution < 1.29 is 9.32 Å². The van der Waals surface area contributed by atoms with Crippen LogP contribution in [0, 0.1) is 0 Å². The quantitative estimate of drug-likeness (QED) is 0.743. The van der Waals surface area contributed by atoms with Crippen molar-refractivity contribution in [3.05, 3.63) is 58.1 Å². The van der Waals surface area contributed by atoms with Crippen LogP contribution in [0.1, 0.15) is 54.9 Å². The van der Waals surface area contributed by atoms with E-state index >= 15 is 0 Å². The fourth-order valence-electron chi connectivity index (χ4n) is 2.38. The Morgan fingerprint density at radius 1 is 1.20 bits per heavy atom. The summed E-state index contributed by atoms with van der Waals surface area (Å²) in [7, 11) is 0. The standard InChI is InChI=1S/C19H21N3O2S/c1-12(20-17(23)15-6-5-11-25-15)18-21-16(22-24-18)13-7-9-14(10-8-13)19(2,3)4/h5-12H,1-4H3,(H,20,23)/t12-/m0/s1. The fraction of sp³-hybridized carbons (Fsp3) is 0.316. The maximum atomic E-state index is 12.1. The summed E-state index contributed by atoms with van der Waals surface area (Å²) in [5, 5.41) is 8.77. The molecule has 3 aromatic rings. The first-order chi connectivity index (χ1) is 11.8. The van der Waals surface area contributed by atoms with Crippen LogP contribution in [0.25, 0.3) is 11.4 Å². The first-order valence-electron chi connectivity index (χ1n) is 8.13. The Morgan fingerprint density at radius 2 is 1.92 bits per heavy atom. The van der Waals surface area contributed by atoms with Crippen molar-refractivity contribution in [2.75, 3.05) is 0 Å². The van der Waals surface area contributed by atoms with E-state index in [9.17, 15) is 4.79 Å². The number of hydrogen-bond acceptors (Lipinski definition) is 5. The topological polar surface area (TPSA) is 68.0 Å². The number of nitrogens with zero attached hydrogens (tertiary/aromatic N) is 2. The van der Waals surface area contributed by atoms with E-state index in [-0.39, 0.29) is 17.4 Å². The number of carbonyl (C=O) groups is 1. The van der Waals surface area contributed by atoms with Crippen molar-refractivity contribution in [1.29, 1.82) is 0 Å². The Bertz CT molecular complexity index is 846. The first kappa shape index (κ1) is 17.4. The van der Waals surface area contributed by atoms with Crippen molar-refractivity contribution in [3.8, 4) is 11.4 Å². The Hall–Kier alpha value is -2.47. The predicted molar refractivity (Wildman–Crippen MR) is 98.6 cm³/mol. The summed E-state index contributed by atoms with van der Waals surface area (Å²) >= 11 is 1.39. The minimum absolute atomic E-state index is 0.0987. The van der Waals surface area contributed by atoms with Crippen LogP contribution in [-0.2, 0) is 5.41 Å². The molecule has 0 fully saturated rings. The second-order valence-corrected chi connectivity index (χ2v) is 7.90. The molecule has 0 aliphatic carbocycles. The molecule has 0 radical (unpaired) electrons. The predicted octanol–water partition coefficient (Wildman–Crippen LogP) is 4.59. The molecule has 0 aliphatic heterocycles. The average molecular weight is 355 g/mol. The van der Waals surface area contributed by atoms with Crippen LogP contribution in [0.15, 0.2) is 46.3 Å². The van der Waals surface area contributed by atoms with Gasteiger partial charge in [0.15, 0.2) is 0 Å². The van der Waals surface area contributed by atoms with Crippen molar-refractivity contribution in [2.24, 2.45) is 0 Å². The number of hydrogen-bond donors (Lipinski definition) is 1. The zero-order valence-electron chi connectivity index (χ0n) is 14.7. The van der Waals surface area contributed by atoms with E-state index in [1.807, 2.05) is 30.5 Å². The summed E-state index contributed by atoms with van der Waals surface area (Å²) in [6.45, 7) is 8.34. The molecule has 0 unspecified atom stereocenters. The number of benzene rings is 1. The lowest BCUT2D eigenvalue weighted by Crippen LogP contribution is -2.26. The second kappa shape index (κ2) is 6.80. The van der Waals surface area contributed by atoms with Gasteiger partial charge in [0.2, 0.25) is 11.7 Å². The molecule has 1 N–H and O–H groups in total. The molecule has 1 aromatic carbocycles. The van der Waals surface area contributed by atoms with Gasteiger partial charge in [0, 0.05) is 5.56 Å². The largest absolute Gasteiger partial charge is 0.340 e. The highest BCUT2D eigenvalue weighted by molar-refractivity contribution is 7.12. The maximum Gasteiger partial charge on any atom is 0.261 e. The summed E-state index contributed by atoms with van der Waals surface area (Å²) in [4.78, 5) is 17.2. The Labute approximate surface area is 151 Å². The summed E-state index contributed by atoms with van der Waals surface area (Å²) < 4.78 is 5.32. The van der Waals surface area contributed by atoms with Crippen molar-refractivity contribution in [1.82, 2.24) is 15.5 Å². The van der Waals surface area contributed by atoms with E-state index in [4.69, 9.17) is 4.52 Å². The van der Waals surface area contributed by atoms with Crippen molar-refractivity contribution in [2.45, 2.75) is 39.2 Å². The third-order valence-electron chi connectivity index (χ3n) is 3.91. The molecule has 0 saturated carbocycles. The SMILES string of the molecule is C[C@H](NC(=O)c1cccs1)c1nc(-c2ccc(C(C)(C)C)cc2)no1. The van der Waals surface area contributed by atoms with Gasteiger partial charge in [-0.15, -0.1) is 11.3 Å². The average Bonchev–Trinajstić information content (AvgIpc) is 3.26. The molecule has 6 heteroatoms. The third kappa shape index (κ3) is 3.96. The lowest BCUT2D eigenvalue weighted by Gasteiger charge is -2.18. The molecule has 0 saturated heterocycles. The van der Waals surface area contributed by atoms with Gasteiger partial charge in [0.1, 0.15) is 6.04 Å². The van der Waals surface area contributed by atoms with E-state index in [1.165, 1.54) is 16.9 Å². The van der Waals surface area contributed by atoms with Crippen LogP contribution in [-0.4, -0.2) is 16.0 Å². The Morgan fingerprint density at radius 3 is 2.52 bits per heavy atom. The van der Waals surface area contributed by atoms with Gasteiger partial charge in [-0.25, -0.2) is 0 Å². The Kier molecular flexibility index (Phi) is 4.72. The van der Waals surface area contributed by atoms with Gasteiger partial charge in [0.25, 0.3) is 5.91 Å². The monoisotopic (exact) mass is 355 g/mol. The minimum Gasteiger partial charge on any atom is -0.340 e. The molecule has 5 nitrogen and oxygen atoms in total. The van der Waals surface area contributed by atoms with E-state index in [0.29, 0.717) is 16.6 Å². The molecule has 1 amide bonds. The molecule has 2 heterocycles. The van der Waals surface area contributed by atoms with E-state index in [0.717, 1.165) is 5.56 Å². The van der Waals surface area contributed by atoms with Gasteiger partial charge < -0.3 is 9.84 Å². The fourth-order valence-corrected chi connectivity index (χ4v) is 3.01. The highest BCUT2D eigenvalue weighted by Crippen LogP contribution is 2.25. The summed E-state index contributed by atoms with van der Waals surface area (Å²) in [6, 6.07) is 11.4.